The number of nitrogens with two attached hydrogens (primary N) is 1. The van der Waals surface area contributed by atoms with E-state index < -0.39 is 0 Å². The molecule has 2 heteroatoms. The predicted octanol–water partition coefficient (Wildman–Crippen LogP) is 2.97. The first-order valence-electron chi connectivity index (χ1n) is 5.22. The molecule has 15 heavy (non-hydrogen) atoms. The molecule has 0 aliphatic rings. The zero-order valence-electron chi connectivity index (χ0n) is 8.86. The van der Waals surface area contributed by atoms with Gasteiger partial charge in [-0.05, 0) is 11.6 Å². The highest BCUT2D eigenvalue weighted by molar-refractivity contribution is 5.66. The van der Waals surface area contributed by atoms with Crippen LogP contribution in [0.3, 0.4) is 0 Å². The van der Waals surface area contributed by atoms with Gasteiger partial charge in [-0.15, -0.1) is 0 Å². The summed E-state index contributed by atoms with van der Waals surface area (Å²) in [6.07, 6.45) is 0.893. The highest BCUT2D eigenvalue weighted by atomic mass is 16.3. The standard InChI is InChI=1S/C13H15NO/c1-2-13-12(8-11(9-14)15-13)10-6-4-3-5-7-10/h3-8H,2,9,14H2,1H3. The molecule has 1 aromatic heterocycles. The molecule has 2 rings (SSSR count). The molecule has 0 unspecified atom stereocenters. The summed E-state index contributed by atoms with van der Waals surface area (Å²) in [5, 5.41) is 0. The third kappa shape index (κ3) is 1.95. The molecule has 0 fully saturated rings. The van der Waals surface area contributed by atoms with Gasteiger partial charge < -0.3 is 10.2 Å². The van der Waals surface area contributed by atoms with Gasteiger partial charge in [-0.25, -0.2) is 0 Å². The van der Waals surface area contributed by atoms with E-state index >= 15 is 0 Å². The van der Waals surface area contributed by atoms with E-state index in [0.29, 0.717) is 6.54 Å². The Morgan fingerprint density at radius 1 is 1.20 bits per heavy atom. The molecule has 0 saturated heterocycles. The first-order valence-corrected chi connectivity index (χ1v) is 5.22. The number of rotatable bonds is 3. The fourth-order valence-electron chi connectivity index (χ4n) is 1.71. The van der Waals surface area contributed by atoms with Crippen molar-refractivity contribution in [2.24, 2.45) is 5.73 Å². The first-order chi connectivity index (χ1) is 7.35. The van der Waals surface area contributed by atoms with Crippen LogP contribution >= 0.6 is 0 Å². The van der Waals surface area contributed by atoms with Gasteiger partial charge in [0.1, 0.15) is 11.5 Å². The Morgan fingerprint density at radius 2 is 1.93 bits per heavy atom. The Bertz CT molecular complexity index is 431. The van der Waals surface area contributed by atoms with Crippen LogP contribution in [0, 0.1) is 0 Å². The highest BCUT2D eigenvalue weighted by Gasteiger charge is 2.09. The van der Waals surface area contributed by atoms with Gasteiger partial charge in [0.05, 0.1) is 6.54 Å². The molecule has 2 N–H and O–H groups in total. The zero-order chi connectivity index (χ0) is 10.7. The molecule has 0 saturated carbocycles. The van der Waals surface area contributed by atoms with Crippen LogP contribution in [0.1, 0.15) is 18.4 Å². The summed E-state index contributed by atoms with van der Waals surface area (Å²) in [5.74, 6) is 1.87. The van der Waals surface area contributed by atoms with Gasteiger partial charge in [-0.2, -0.15) is 0 Å². The minimum Gasteiger partial charge on any atom is -0.464 e. The number of hydrogen-bond donors (Lipinski definition) is 1. The van der Waals surface area contributed by atoms with Crippen LogP contribution in [0.4, 0.5) is 0 Å². The smallest absolute Gasteiger partial charge is 0.118 e. The number of furan rings is 1. The third-order valence-electron chi connectivity index (χ3n) is 2.47. The van der Waals surface area contributed by atoms with E-state index in [1.807, 2.05) is 24.3 Å². The van der Waals surface area contributed by atoms with E-state index in [-0.39, 0.29) is 0 Å². The maximum atomic E-state index is 5.64. The van der Waals surface area contributed by atoms with Gasteiger partial charge in [0.2, 0.25) is 0 Å². The number of benzene rings is 1. The van der Waals surface area contributed by atoms with Crippen LogP contribution in [0.15, 0.2) is 40.8 Å². The second-order valence-corrected chi connectivity index (χ2v) is 3.47. The lowest BCUT2D eigenvalue weighted by Gasteiger charge is -1.98. The van der Waals surface area contributed by atoms with Crippen LogP contribution in [0.5, 0.6) is 0 Å². The van der Waals surface area contributed by atoms with Crippen LogP contribution < -0.4 is 5.73 Å². The maximum absolute atomic E-state index is 5.64. The summed E-state index contributed by atoms with van der Waals surface area (Å²) < 4.78 is 5.64. The minimum absolute atomic E-state index is 0.458. The van der Waals surface area contributed by atoms with Gasteiger partial charge in [0.25, 0.3) is 0 Å². The van der Waals surface area contributed by atoms with Crippen LogP contribution in [-0.4, -0.2) is 0 Å². The summed E-state index contributed by atoms with van der Waals surface area (Å²) in [6.45, 7) is 2.55. The van der Waals surface area contributed by atoms with Gasteiger partial charge >= 0.3 is 0 Å². The largest absolute Gasteiger partial charge is 0.464 e. The second kappa shape index (κ2) is 4.32. The van der Waals surface area contributed by atoms with E-state index in [2.05, 4.69) is 19.1 Å². The fourth-order valence-corrected chi connectivity index (χ4v) is 1.71. The quantitative estimate of drug-likeness (QED) is 0.829. The lowest BCUT2D eigenvalue weighted by Crippen LogP contribution is -1.92. The predicted molar refractivity (Wildman–Crippen MR) is 61.4 cm³/mol. The van der Waals surface area contributed by atoms with Gasteiger partial charge in [0.15, 0.2) is 0 Å². The molecule has 0 radical (unpaired) electrons. The molecule has 0 atom stereocenters. The van der Waals surface area contributed by atoms with Crippen molar-refractivity contribution in [3.8, 4) is 11.1 Å². The Morgan fingerprint density at radius 3 is 2.53 bits per heavy atom. The summed E-state index contributed by atoms with van der Waals surface area (Å²) in [5.41, 5.74) is 7.93. The molecular weight excluding hydrogens is 186 g/mol. The topological polar surface area (TPSA) is 39.2 Å². The van der Waals surface area contributed by atoms with Gasteiger partial charge in [-0.3, -0.25) is 0 Å². The summed E-state index contributed by atoms with van der Waals surface area (Å²) in [7, 11) is 0. The van der Waals surface area contributed by atoms with E-state index in [9.17, 15) is 0 Å². The molecule has 78 valence electrons. The normalized spacial score (nSPS) is 10.5. The highest BCUT2D eigenvalue weighted by Crippen LogP contribution is 2.27. The molecular formula is C13H15NO. The van der Waals surface area contributed by atoms with Crippen molar-refractivity contribution in [1.29, 1.82) is 0 Å². The first kappa shape index (κ1) is 9.99. The molecule has 0 bridgehead atoms. The van der Waals surface area contributed by atoms with Gasteiger partial charge in [-0.1, -0.05) is 37.3 Å². The second-order valence-electron chi connectivity index (χ2n) is 3.47. The lowest BCUT2D eigenvalue weighted by molar-refractivity contribution is 0.472. The summed E-state index contributed by atoms with van der Waals surface area (Å²) >= 11 is 0. The molecule has 1 heterocycles. The maximum Gasteiger partial charge on any atom is 0.118 e. The zero-order valence-corrected chi connectivity index (χ0v) is 8.86. The molecule has 0 amide bonds. The van der Waals surface area contributed by atoms with E-state index in [1.54, 1.807) is 0 Å². The Hall–Kier alpha value is -1.54. The van der Waals surface area contributed by atoms with E-state index in [4.69, 9.17) is 10.2 Å². The van der Waals surface area contributed by atoms with Crippen molar-refractivity contribution in [2.75, 3.05) is 0 Å². The Labute approximate surface area is 89.7 Å². The molecule has 2 nitrogen and oxygen atoms in total. The fraction of sp³-hybridized carbons (Fsp3) is 0.231. The number of aryl methyl sites for hydroxylation is 1. The van der Waals surface area contributed by atoms with Crippen molar-refractivity contribution < 1.29 is 4.42 Å². The van der Waals surface area contributed by atoms with Gasteiger partial charge in [0, 0.05) is 12.0 Å². The number of hydrogen-bond acceptors (Lipinski definition) is 2. The molecule has 1 aromatic carbocycles. The van der Waals surface area contributed by atoms with E-state index in [0.717, 1.165) is 17.9 Å². The minimum atomic E-state index is 0.458. The van der Waals surface area contributed by atoms with Crippen LogP contribution in [0.2, 0.25) is 0 Å². The van der Waals surface area contributed by atoms with Crippen LogP contribution in [-0.2, 0) is 13.0 Å². The van der Waals surface area contributed by atoms with Crippen molar-refractivity contribution in [1.82, 2.24) is 0 Å². The van der Waals surface area contributed by atoms with E-state index in [1.165, 1.54) is 11.1 Å². The molecule has 0 aliphatic heterocycles. The summed E-state index contributed by atoms with van der Waals surface area (Å²) in [4.78, 5) is 0. The van der Waals surface area contributed by atoms with Crippen molar-refractivity contribution in [3.63, 3.8) is 0 Å². The Balaban J connectivity index is 2.47. The summed E-state index contributed by atoms with van der Waals surface area (Å²) in [6, 6.07) is 12.3. The lowest BCUT2D eigenvalue weighted by atomic mass is 10.1. The average molecular weight is 201 g/mol. The van der Waals surface area contributed by atoms with Crippen molar-refractivity contribution >= 4 is 0 Å². The van der Waals surface area contributed by atoms with Crippen molar-refractivity contribution in [2.45, 2.75) is 19.9 Å². The SMILES string of the molecule is CCc1oc(CN)cc1-c1ccccc1. The molecule has 0 spiro atoms. The molecule has 2 aromatic rings. The van der Waals surface area contributed by atoms with Crippen LogP contribution in [0.25, 0.3) is 11.1 Å². The van der Waals surface area contributed by atoms with Crippen molar-refractivity contribution in [3.05, 3.63) is 47.9 Å². The average Bonchev–Trinajstić information content (AvgIpc) is 2.73. The Kier molecular flexibility index (Phi) is 2.88. The third-order valence-corrected chi connectivity index (χ3v) is 2.47. The molecule has 0 aliphatic carbocycles. The monoisotopic (exact) mass is 201 g/mol.